The Hall–Kier alpha value is -4.51. The number of ether oxygens (including phenoxy) is 1. The Morgan fingerprint density at radius 2 is 1.75 bits per heavy atom. The number of piperidine rings is 1. The molecule has 1 N–H and O–H groups in total. The molecule has 0 bridgehead atoms. The lowest BCUT2D eigenvalue weighted by Gasteiger charge is -2.30. The van der Waals surface area contributed by atoms with Crippen molar-refractivity contribution < 1.29 is 19.1 Å². The highest BCUT2D eigenvalue weighted by Crippen LogP contribution is 2.24. The maximum Gasteiger partial charge on any atom is 0.338 e. The van der Waals surface area contributed by atoms with Gasteiger partial charge in [0.2, 0.25) is 11.8 Å². The van der Waals surface area contributed by atoms with Gasteiger partial charge in [0.15, 0.2) is 0 Å². The first-order chi connectivity index (χ1) is 17.4. The number of nitrogens with zero attached hydrogens (tertiary/aromatic N) is 3. The lowest BCUT2D eigenvalue weighted by molar-refractivity contribution is -0.132. The molecule has 1 aromatic carbocycles. The summed E-state index contributed by atoms with van der Waals surface area (Å²) in [7, 11) is 1.30. The van der Waals surface area contributed by atoms with E-state index in [-0.39, 0.29) is 29.1 Å². The number of nitrogens with one attached hydrogen (secondary N) is 1. The molecular formula is C28H26N4O4. The number of anilines is 1. The summed E-state index contributed by atoms with van der Waals surface area (Å²) in [5.74, 6) is 5.51. The van der Waals surface area contributed by atoms with Crippen molar-refractivity contribution in [2.45, 2.75) is 19.8 Å². The number of carbonyl (C=O) groups excluding carboxylic acids is 3. The Labute approximate surface area is 209 Å². The van der Waals surface area contributed by atoms with E-state index in [1.165, 1.54) is 20.1 Å². The van der Waals surface area contributed by atoms with E-state index in [1.807, 2.05) is 36.4 Å². The van der Waals surface area contributed by atoms with Crippen LogP contribution in [0.25, 0.3) is 11.3 Å². The summed E-state index contributed by atoms with van der Waals surface area (Å²) in [6, 6.07) is 14.3. The van der Waals surface area contributed by atoms with Crippen LogP contribution in [-0.4, -0.2) is 52.9 Å². The zero-order valence-electron chi connectivity index (χ0n) is 20.2. The molecule has 8 heteroatoms. The Morgan fingerprint density at radius 1 is 1.03 bits per heavy atom. The van der Waals surface area contributed by atoms with E-state index in [2.05, 4.69) is 27.1 Å². The van der Waals surface area contributed by atoms with Crippen LogP contribution in [-0.2, 0) is 14.3 Å². The highest BCUT2D eigenvalue weighted by atomic mass is 16.5. The molecule has 0 spiro atoms. The van der Waals surface area contributed by atoms with Gasteiger partial charge in [-0.1, -0.05) is 24.0 Å². The van der Waals surface area contributed by atoms with Crippen LogP contribution in [0.3, 0.4) is 0 Å². The van der Waals surface area contributed by atoms with E-state index in [0.717, 1.165) is 16.7 Å². The predicted molar refractivity (Wildman–Crippen MR) is 135 cm³/mol. The van der Waals surface area contributed by atoms with E-state index in [1.54, 1.807) is 23.4 Å². The van der Waals surface area contributed by atoms with Gasteiger partial charge in [-0.15, -0.1) is 0 Å². The molecule has 2 aromatic heterocycles. The Balaban J connectivity index is 1.53. The molecule has 0 radical (unpaired) electrons. The molecule has 8 nitrogen and oxygen atoms in total. The summed E-state index contributed by atoms with van der Waals surface area (Å²) in [6.07, 6.45) is 4.56. The molecule has 0 aliphatic carbocycles. The molecule has 0 atom stereocenters. The lowest BCUT2D eigenvalue weighted by Crippen LogP contribution is -2.40. The molecule has 1 saturated heterocycles. The van der Waals surface area contributed by atoms with Crippen LogP contribution in [0.1, 0.15) is 41.3 Å². The molecule has 2 amide bonds. The zero-order chi connectivity index (χ0) is 25.5. The zero-order valence-corrected chi connectivity index (χ0v) is 20.2. The van der Waals surface area contributed by atoms with Gasteiger partial charge in [-0.2, -0.15) is 0 Å². The summed E-state index contributed by atoms with van der Waals surface area (Å²) in [4.78, 5) is 47.1. The maximum atomic E-state index is 12.9. The SMILES string of the molecule is COC(=O)c1cc(NC(=O)C2CCN(C(C)=O)CC2)nc(-c2ccc(C#Cc3cccnc3)cc2)c1. The van der Waals surface area contributed by atoms with E-state index >= 15 is 0 Å². The average molecular weight is 483 g/mol. The second kappa shape index (κ2) is 11.3. The minimum Gasteiger partial charge on any atom is -0.465 e. The molecule has 0 saturated carbocycles. The molecule has 3 aromatic rings. The first-order valence-electron chi connectivity index (χ1n) is 11.6. The topological polar surface area (TPSA) is 101 Å². The highest BCUT2D eigenvalue weighted by molar-refractivity contribution is 5.95. The number of carbonyl (C=O) groups is 3. The number of hydrogen-bond acceptors (Lipinski definition) is 6. The van der Waals surface area contributed by atoms with Gasteiger partial charge in [0.25, 0.3) is 0 Å². The first kappa shape index (κ1) is 24.6. The first-order valence-corrected chi connectivity index (χ1v) is 11.6. The van der Waals surface area contributed by atoms with Crippen LogP contribution in [0.2, 0.25) is 0 Å². The van der Waals surface area contributed by atoms with Crippen molar-refractivity contribution in [1.82, 2.24) is 14.9 Å². The van der Waals surface area contributed by atoms with E-state index < -0.39 is 5.97 Å². The highest BCUT2D eigenvalue weighted by Gasteiger charge is 2.26. The van der Waals surface area contributed by atoms with Crippen LogP contribution >= 0.6 is 0 Å². The number of amides is 2. The molecular weight excluding hydrogens is 456 g/mol. The third-order valence-corrected chi connectivity index (χ3v) is 6.00. The van der Waals surface area contributed by atoms with Crippen molar-refractivity contribution in [2.24, 2.45) is 5.92 Å². The Morgan fingerprint density at radius 3 is 2.39 bits per heavy atom. The fourth-order valence-corrected chi connectivity index (χ4v) is 3.97. The normalized spacial score (nSPS) is 13.3. The number of methoxy groups -OCH3 is 1. The van der Waals surface area contributed by atoms with Crippen LogP contribution in [0.5, 0.6) is 0 Å². The molecule has 3 heterocycles. The summed E-state index contributed by atoms with van der Waals surface area (Å²) in [5, 5.41) is 2.85. The number of pyridine rings is 2. The number of rotatable bonds is 4. The Kier molecular flexibility index (Phi) is 7.71. The van der Waals surface area contributed by atoms with Gasteiger partial charge in [-0.05, 0) is 49.2 Å². The molecule has 1 aliphatic rings. The van der Waals surface area contributed by atoms with Gasteiger partial charge in [-0.3, -0.25) is 14.6 Å². The second-order valence-corrected chi connectivity index (χ2v) is 8.46. The van der Waals surface area contributed by atoms with E-state index in [0.29, 0.717) is 31.6 Å². The van der Waals surface area contributed by atoms with Crippen LogP contribution in [0.15, 0.2) is 60.9 Å². The standard InChI is InChI=1S/C28H26N4O4/c1-19(33)32-14-11-23(12-15-32)27(34)31-26-17-24(28(35)36-2)16-25(30-26)22-9-7-20(8-10-22)5-6-21-4-3-13-29-18-21/h3-4,7-10,13,16-18,23H,11-12,14-15H2,1-2H3,(H,30,31,34). The van der Waals surface area contributed by atoms with E-state index in [9.17, 15) is 14.4 Å². The minimum absolute atomic E-state index is 0.0139. The molecule has 1 aliphatic heterocycles. The van der Waals surface area contributed by atoms with Gasteiger partial charge >= 0.3 is 5.97 Å². The minimum atomic E-state index is -0.525. The fourth-order valence-electron chi connectivity index (χ4n) is 3.97. The predicted octanol–water partition coefficient (Wildman–Crippen LogP) is 3.53. The Bertz CT molecular complexity index is 1320. The third-order valence-electron chi connectivity index (χ3n) is 6.00. The van der Waals surface area contributed by atoms with E-state index in [4.69, 9.17) is 4.74 Å². The lowest BCUT2D eigenvalue weighted by atomic mass is 9.96. The number of likely N-dealkylation sites (tertiary alicyclic amines) is 1. The average Bonchev–Trinajstić information content (AvgIpc) is 2.92. The van der Waals surface area contributed by atoms with Crippen LogP contribution in [0, 0.1) is 17.8 Å². The summed E-state index contributed by atoms with van der Waals surface area (Å²) >= 11 is 0. The van der Waals surface area contributed by atoms with Gasteiger partial charge in [0, 0.05) is 55.0 Å². The van der Waals surface area contributed by atoms with Crippen LogP contribution in [0.4, 0.5) is 5.82 Å². The summed E-state index contributed by atoms with van der Waals surface area (Å²) < 4.78 is 4.89. The number of aromatic nitrogens is 2. The largest absolute Gasteiger partial charge is 0.465 e. The van der Waals surface area contributed by atoms with Crippen molar-refractivity contribution in [1.29, 1.82) is 0 Å². The van der Waals surface area contributed by atoms with Gasteiger partial charge in [0.1, 0.15) is 5.82 Å². The fraction of sp³-hybridized carbons (Fsp3) is 0.250. The molecule has 0 unspecified atom stereocenters. The smallest absolute Gasteiger partial charge is 0.338 e. The quantitative estimate of drug-likeness (QED) is 0.451. The van der Waals surface area contributed by atoms with Gasteiger partial charge in [0.05, 0.1) is 18.4 Å². The number of esters is 1. The van der Waals surface area contributed by atoms with Crippen molar-refractivity contribution in [2.75, 3.05) is 25.5 Å². The molecule has 182 valence electrons. The second-order valence-electron chi connectivity index (χ2n) is 8.46. The number of benzene rings is 1. The number of hydrogen-bond donors (Lipinski definition) is 1. The summed E-state index contributed by atoms with van der Waals surface area (Å²) in [5.41, 5.74) is 3.20. The van der Waals surface area contributed by atoms with Gasteiger partial charge in [-0.25, -0.2) is 9.78 Å². The van der Waals surface area contributed by atoms with Crippen molar-refractivity contribution in [3.05, 3.63) is 77.6 Å². The summed E-state index contributed by atoms with van der Waals surface area (Å²) in [6.45, 7) is 2.62. The van der Waals surface area contributed by atoms with Crippen molar-refractivity contribution in [3.8, 4) is 23.1 Å². The van der Waals surface area contributed by atoms with Gasteiger partial charge < -0.3 is 15.0 Å². The molecule has 1 fully saturated rings. The molecule has 36 heavy (non-hydrogen) atoms. The van der Waals surface area contributed by atoms with Crippen LogP contribution < -0.4 is 5.32 Å². The van der Waals surface area contributed by atoms with Crippen molar-refractivity contribution >= 4 is 23.6 Å². The van der Waals surface area contributed by atoms with Crippen molar-refractivity contribution in [3.63, 3.8) is 0 Å². The third kappa shape index (κ3) is 6.13. The monoisotopic (exact) mass is 482 g/mol. The maximum absolute atomic E-state index is 12.9. The molecule has 4 rings (SSSR count).